The van der Waals surface area contributed by atoms with Crippen LogP contribution in [0.4, 0.5) is 5.69 Å². The van der Waals surface area contributed by atoms with Gasteiger partial charge >= 0.3 is 0 Å². The number of carbonyl (C=O) groups excluding carboxylic acids is 1. The van der Waals surface area contributed by atoms with Crippen molar-refractivity contribution in [1.29, 1.82) is 5.26 Å². The average molecular weight is 519 g/mol. The van der Waals surface area contributed by atoms with Gasteiger partial charge in [0.25, 0.3) is 5.91 Å². The molecule has 0 aliphatic rings. The van der Waals surface area contributed by atoms with E-state index in [1.165, 1.54) is 17.2 Å². The third-order valence-electron chi connectivity index (χ3n) is 5.53. The van der Waals surface area contributed by atoms with E-state index in [0.717, 1.165) is 17.5 Å². The largest absolute Gasteiger partial charge is 0.493 e. The fourth-order valence-electron chi connectivity index (χ4n) is 3.47. The first kappa shape index (κ1) is 25.1. The smallest absolute Gasteiger partial charge is 0.266 e. The van der Waals surface area contributed by atoms with Crippen LogP contribution in [0.5, 0.6) is 11.5 Å². The first-order valence-electron chi connectivity index (χ1n) is 10.9. The summed E-state index contributed by atoms with van der Waals surface area (Å²) in [5, 5.41) is 12.5. The lowest BCUT2D eigenvalue weighted by Crippen LogP contribution is -2.14. The van der Waals surface area contributed by atoms with E-state index in [9.17, 15) is 10.1 Å². The molecule has 0 aliphatic carbocycles. The van der Waals surface area contributed by atoms with Crippen LogP contribution in [0.2, 0.25) is 0 Å². The Bertz CT molecular complexity index is 1280. The molecule has 0 aromatic heterocycles. The zero-order chi connectivity index (χ0) is 24.7. The highest BCUT2D eigenvalue weighted by molar-refractivity contribution is 9.10. The predicted octanol–water partition coefficient (Wildman–Crippen LogP) is 6.76. The molecule has 1 N–H and O–H groups in total. The van der Waals surface area contributed by atoms with E-state index in [4.69, 9.17) is 9.47 Å². The zero-order valence-electron chi connectivity index (χ0n) is 19.7. The number of nitrogens with one attached hydrogen (secondary N) is 1. The van der Waals surface area contributed by atoms with Crippen molar-refractivity contribution in [1.82, 2.24) is 0 Å². The monoisotopic (exact) mass is 518 g/mol. The normalized spacial score (nSPS) is 11.0. The number of methoxy groups -OCH3 is 1. The van der Waals surface area contributed by atoms with Crippen LogP contribution in [0.1, 0.15) is 34.7 Å². The number of ether oxygens (including phenoxy) is 2. The molecule has 0 bridgehead atoms. The van der Waals surface area contributed by atoms with Gasteiger partial charge in [-0.25, -0.2) is 0 Å². The first-order chi connectivity index (χ1) is 16.4. The van der Waals surface area contributed by atoms with Crippen molar-refractivity contribution in [2.45, 2.75) is 33.8 Å². The summed E-state index contributed by atoms with van der Waals surface area (Å²) in [4.78, 5) is 12.8. The highest BCUT2D eigenvalue weighted by Gasteiger charge is 2.15. The molecule has 0 saturated carbocycles. The van der Waals surface area contributed by atoms with Crippen LogP contribution >= 0.6 is 15.9 Å². The lowest BCUT2D eigenvalue weighted by atomic mass is 10.1. The van der Waals surface area contributed by atoms with E-state index in [0.29, 0.717) is 33.8 Å². The number of para-hydroxylation sites is 1. The van der Waals surface area contributed by atoms with Crippen LogP contribution in [0.25, 0.3) is 6.08 Å². The minimum absolute atomic E-state index is 0.0105. The fraction of sp³-hybridized carbons (Fsp3) is 0.214. The SMILES string of the molecule is CCc1ccccc1NC(=O)/C(C#N)=C/c1cc(Br)c(OCc2ccc(C)c(C)c2)c(OC)c1. The Balaban J connectivity index is 1.83. The van der Waals surface area contributed by atoms with E-state index in [1.807, 2.05) is 43.3 Å². The minimum Gasteiger partial charge on any atom is -0.493 e. The molecule has 3 aromatic carbocycles. The molecule has 1 amide bonds. The number of hydrogen-bond acceptors (Lipinski definition) is 4. The third-order valence-corrected chi connectivity index (χ3v) is 6.12. The summed E-state index contributed by atoms with van der Waals surface area (Å²) in [6.45, 7) is 6.54. The van der Waals surface area contributed by atoms with Gasteiger partial charge in [-0.2, -0.15) is 5.26 Å². The van der Waals surface area contributed by atoms with Gasteiger partial charge in [0.2, 0.25) is 0 Å². The number of rotatable bonds is 8. The van der Waals surface area contributed by atoms with Crippen LogP contribution in [0.3, 0.4) is 0 Å². The minimum atomic E-state index is -0.464. The molecular weight excluding hydrogens is 492 g/mol. The summed E-state index contributed by atoms with van der Waals surface area (Å²) in [7, 11) is 1.55. The Labute approximate surface area is 209 Å². The van der Waals surface area contributed by atoms with Crippen LogP contribution in [0.15, 0.2) is 64.6 Å². The molecule has 0 radical (unpaired) electrons. The van der Waals surface area contributed by atoms with Gasteiger partial charge in [-0.15, -0.1) is 0 Å². The molecule has 3 rings (SSSR count). The van der Waals surface area contributed by atoms with Crippen LogP contribution < -0.4 is 14.8 Å². The van der Waals surface area contributed by atoms with Crippen molar-refractivity contribution in [2.24, 2.45) is 0 Å². The quantitative estimate of drug-likeness (QED) is 0.264. The van der Waals surface area contributed by atoms with E-state index >= 15 is 0 Å². The lowest BCUT2D eigenvalue weighted by molar-refractivity contribution is -0.112. The van der Waals surface area contributed by atoms with Crippen molar-refractivity contribution < 1.29 is 14.3 Å². The number of halogens is 1. The second kappa shape index (κ2) is 11.5. The number of nitrogens with zero attached hydrogens (tertiary/aromatic N) is 1. The van der Waals surface area contributed by atoms with Gasteiger partial charge in [0.1, 0.15) is 18.2 Å². The molecule has 0 spiro atoms. The molecule has 0 heterocycles. The van der Waals surface area contributed by atoms with E-state index in [-0.39, 0.29) is 5.57 Å². The van der Waals surface area contributed by atoms with Crippen LogP contribution in [-0.2, 0) is 17.8 Å². The second-order valence-corrected chi connectivity index (χ2v) is 8.73. The Hall–Kier alpha value is -3.56. The number of hydrogen-bond donors (Lipinski definition) is 1. The fourth-order valence-corrected chi connectivity index (χ4v) is 4.04. The van der Waals surface area contributed by atoms with Crippen molar-refractivity contribution >= 4 is 33.6 Å². The number of anilines is 1. The van der Waals surface area contributed by atoms with Crippen molar-refractivity contribution in [3.8, 4) is 17.6 Å². The summed E-state index contributed by atoms with van der Waals surface area (Å²) in [6.07, 6.45) is 2.31. The molecule has 6 heteroatoms. The Morgan fingerprint density at radius 2 is 1.88 bits per heavy atom. The molecule has 174 valence electrons. The Morgan fingerprint density at radius 1 is 1.12 bits per heavy atom. The highest BCUT2D eigenvalue weighted by Crippen LogP contribution is 2.38. The van der Waals surface area contributed by atoms with Gasteiger partial charge in [0, 0.05) is 5.69 Å². The summed E-state index contributed by atoms with van der Waals surface area (Å²) >= 11 is 3.54. The van der Waals surface area contributed by atoms with Gasteiger partial charge < -0.3 is 14.8 Å². The molecule has 0 unspecified atom stereocenters. The first-order valence-corrected chi connectivity index (χ1v) is 11.7. The zero-order valence-corrected chi connectivity index (χ0v) is 21.3. The van der Waals surface area contributed by atoms with Crippen LogP contribution in [0, 0.1) is 25.2 Å². The van der Waals surface area contributed by atoms with Gasteiger partial charge in [0.05, 0.1) is 11.6 Å². The molecular formula is C28H27BrN2O3. The summed E-state index contributed by atoms with van der Waals surface area (Å²) < 4.78 is 12.2. The molecule has 0 fully saturated rings. The molecule has 0 saturated heterocycles. The molecule has 0 aliphatic heterocycles. The number of nitriles is 1. The van der Waals surface area contributed by atoms with Gasteiger partial charge in [-0.05, 0) is 88.3 Å². The second-order valence-electron chi connectivity index (χ2n) is 7.88. The van der Waals surface area contributed by atoms with Gasteiger partial charge in [-0.1, -0.05) is 43.3 Å². The Morgan fingerprint density at radius 3 is 2.56 bits per heavy atom. The van der Waals surface area contributed by atoms with Crippen molar-refractivity contribution in [3.05, 3.63) is 92.5 Å². The Kier molecular flexibility index (Phi) is 8.50. The van der Waals surface area contributed by atoms with Crippen molar-refractivity contribution in [3.63, 3.8) is 0 Å². The topological polar surface area (TPSA) is 71.4 Å². The van der Waals surface area contributed by atoms with E-state index < -0.39 is 5.91 Å². The maximum absolute atomic E-state index is 12.8. The number of amides is 1. The number of aryl methyl sites for hydroxylation is 3. The maximum Gasteiger partial charge on any atom is 0.266 e. The third kappa shape index (κ3) is 6.06. The van der Waals surface area contributed by atoms with E-state index in [2.05, 4.69) is 47.2 Å². The summed E-state index contributed by atoms with van der Waals surface area (Å²) in [5.74, 6) is 0.588. The maximum atomic E-state index is 12.8. The summed E-state index contributed by atoms with van der Waals surface area (Å²) in [5.41, 5.74) is 5.82. The number of carbonyl (C=O) groups is 1. The van der Waals surface area contributed by atoms with E-state index in [1.54, 1.807) is 19.2 Å². The summed E-state index contributed by atoms with van der Waals surface area (Å²) in [6, 6.07) is 19.3. The lowest BCUT2D eigenvalue weighted by Gasteiger charge is -2.14. The number of benzene rings is 3. The predicted molar refractivity (Wildman–Crippen MR) is 139 cm³/mol. The van der Waals surface area contributed by atoms with Crippen LogP contribution in [-0.4, -0.2) is 13.0 Å². The standard InChI is InChI=1S/C28H27BrN2O3/c1-5-22-8-6-7-9-25(22)31-28(32)23(16-30)13-21-14-24(29)27(26(15-21)33-4)34-17-20-11-10-18(2)19(3)12-20/h6-15H,5,17H2,1-4H3,(H,31,32)/b23-13+. The molecule has 0 atom stereocenters. The molecule has 34 heavy (non-hydrogen) atoms. The molecule has 5 nitrogen and oxygen atoms in total. The van der Waals surface area contributed by atoms with Gasteiger partial charge in [0.15, 0.2) is 11.5 Å². The molecule has 3 aromatic rings. The average Bonchev–Trinajstić information content (AvgIpc) is 2.83. The highest BCUT2D eigenvalue weighted by atomic mass is 79.9. The van der Waals surface area contributed by atoms with Crippen molar-refractivity contribution in [2.75, 3.05) is 12.4 Å². The van der Waals surface area contributed by atoms with Gasteiger partial charge in [-0.3, -0.25) is 4.79 Å².